The minimum Gasteiger partial charge on any atom is -0.469 e. The van der Waals surface area contributed by atoms with Gasteiger partial charge in [-0.25, -0.2) is 0 Å². The van der Waals surface area contributed by atoms with Crippen molar-refractivity contribution in [3.8, 4) is 11.5 Å². The topological polar surface area (TPSA) is 96.7 Å². The lowest BCUT2D eigenvalue weighted by Gasteiger charge is -1.98. The smallest absolute Gasteiger partial charge is 0.249 e. The van der Waals surface area contributed by atoms with E-state index in [4.69, 9.17) is 4.42 Å². The lowest BCUT2D eigenvalue weighted by atomic mass is 10.2. The summed E-state index contributed by atoms with van der Waals surface area (Å²) in [7, 11) is 0. The highest BCUT2D eigenvalue weighted by molar-refractivity contribution is 5.93. The van der Waals surface area contributed by atoms with Crippen molar-refractivity contribution in [1.29, 1.82) is 0 Å². The van der Waals surface area contributed by atoms with Crippen LogP contribution in [-0.4, -0.2) is 26.1 Å². The maximum Gasteiger partial charge on any atom is 0.249 e. The number of nitrogens with zero attached hydrogens (tertiary/aromatic N) is 3. The van der Waals surface area contributed by atoms with Gasteiger partial charge in [-0.2, -0.15) is 4.98 Å². The Morgan fingerprint density at radius 3 is 3.05 bits per heavy atom. The van der Waals surface area contributed by atoms with Crippen molar-refractivity contribution < 1.29 is 9.21 Å². The van der Waals surface area contributed by atoms with Gasteiger partial charge in [-0.05, 0) is 30.7 Å². The molecule has 1 saturated carbocycles. The molecule has 0 aliphatic heterocycles. The molecule has 110 valence electrons. The second-order valence-corrected chi connectivity index (χ2v) is 5.18. The van der Waals surface area contributed by atoms with Crippen LogP contribution in [0.1, 0.15) is 18.1 Å². The minimum absolute atomic E-state index is 0.0806. The Morgan fingerprint density at radius 1 is 1.32 bits per heavy atom. The van der Waals surface area contributed by atoms with Crippen molar-refractivity contribution in [1.82, 2.24) is 20.2 Å². The molecule has 0 radical (unpaired) electrons. The molecule has 22 heavy (non-hydrogen) atoms. The van der Waals surface area contributed by atoms with Crippen LogP contribution in [0.3, 0.4) is 0 Å². The molecule has 7 nitrogen and oxygen atoms in total. The fourth-order valence-corrected chi connectivity index (χ4v) is 2.44. The van der Waals surface area contributed by atoms with Crippen LogP contribution in [0.25, 0.3) is 11.5 Å². The summed E-state index contributed by atoms with van der Waals surface area (Å²) in [6.45, 7) is 0. The van der Waals surface area contributed by atoms with Crippen molar-refractivity contribution >= 4 is 11.9 Å². The summed E-state index contributed by atoms with van der Waals surface area (Å²) in [4.78, 5) is 20.6. The third-order valence-electron chi connectivity index (χ3n) is 3.66. The summed E-state index contributed by atoms with van der Waals surface area (Å²) in [5.74, 6) is 1.62. The quantitative estimate of drug-likeness (QED) is 0.769. The van der Waals surface area contributed by atoms with Crippen molar-refractivity contribution in [2.75, 3.05) is 5.32 Å². The number of carbonyl (C=O) groups excluding carboxylic acids is 1. The fraction of sp³-hybridized carbons (Fsp3) is 0.200. The molecule has 1 aliphatic carbocycles. The van der Waals surface area contributed by atoms with E-state index in [9.17, 15) is 4.79 Å². The Balaban J connectivity index is 1.42. The van der Waals surface area contributed by atoms with Crippen molar-refractivity contribution in [3.05, 3.63) is 48.6 Å². The summed E-state index contributed by atoms with van der Waals surface area (Å²) in [6, 6.07) is 9.23. The number of aromatic nitrogens is 4. The van der Waals surface area contributed by atoms with Crippen LogP contribution in [0.4, 0.5) is 5.95 Å². The minimum atomic E-state index is -0.0898. The number of rotatable bonds is 4. The van der Waals surface area contributed by atoms with E-state index >= 15 is 0 Å². The fourth-order valence-electron chi connectivity index (χ4n) is 2.44. The van der Waals surface area contributed by atoms with Gasteiger partial charge in [0.05, 0.1) is 6.26 Å². The molecule has 0 bridgehead atoms. The van der Waals surface area contributed by atoms with Crippen LogP contribution < -0.4 is 5.32 Å². The van der Waals surface area contributed by atoms with Crippen LogP contribution in [0.2, 0.25) is 0 Å². The standard InChI is InChI=1S/C15H13N5O2/c21-14(10-8-9(10)12-5-3-7-22-12)18-15-17-13(19-20-15)11-4-1-2-6-16-11/h1-7,9-10H,8H2,(H2,17,18,19,20,21). The van der Waals surface area contributed by atoms with E-state index in [1.54, 1.807) is 12.5 Å². The number of carbonyl (C=O) groups is 1. The van der Waals surface area contributed by atoms with Crippen molar-refractivity contribution in [2.45, 2.75) is 12.3 Å². The lowest BCUT2D eigenvalue weighted by Crippen LogP contribution is -2.15. The molecule has 2 atom stereocenters. The molecule has 1 amide bonds. The van der Waals surface area contributed by atoms with E-state index in [1.165, 1.54) is 0 Å². The zero-order valence-electron chi connectivity index (χ0n) is 11.6. The molecule has 7 heteroatoms. The monoisotopic (exact) mass is 295 g/mol. The maximum absolute atomic E-state index is 12.2. The van der Waals surface area contributed by atoms with Crippen LogP contribution in [0.15, 0.2) is 47.2 Å². The molecule has 3 aromatic rings. The summed E-state index contributed by atoms with van der Waals surface area (Å²) < 4.78 is 5.32. The molecule has 4 rings (SSSR count). The van der Waals surface area contributed by atoms with Crippen molar-refractivity contribution in [3.63, 3.8) is 0 Å². The molecule has 3 heterocycles. The Hall–Kier alpha value is -2.96. The Labute approximate surface area is 125 Å². The number of hydrogen-bond donors (Lipinski definition) is 2. The molecular formula is C15H13N5O2. The number of H-pyrrole nitrogens is 1. The molecule has 1 fully saturated rings. The highest BCUT2D eigenvalue weighted by Crippen LogP contribution is 2.48. The van der Waals surface area contributed by atoms with E-state index in [0.29, 0.717) is 11.5 Å². The average molecular weight is 295 g/mol. The van der Waals surface area contributed by atoms with Gasteiger partial charge in [-0.15, -0.1) is 5.10 Å². The van der Waals surface area contributed by atoms with Gasteiger partial charge < -0.3 is 4.42 Å². The number of anilines is 1. The van der Waals surface area contributed by atoms with E-state index in [2.05, 4.69) is 25.5 Å². The number of furan rings is 1. The van der Waals surface area contributed by atoms with Gasteiger partial charge in [0.25, 0.3) is 0 Å². The van der Waals surface area contributed by atoms with Gasteiger partial charge in [-0.1, -0.05) is 6.07 Å². The number of amides is 1. The molecule has 0 spiro atoms. The first-order valence-electron chi connectivity index (χ1n) is 6.99. The third-order valence-corrected chi connectivity index (χ3v) is 3.66. The molecule has 2 N–H and O–H groups in total. The van der Waals surface area contributed by atoms with E-state index in [0.717, 1.165) is 12.2 Å². The van der Waals surface area contributed by atoms with Crippen LogP contribution in [0.5, 0.6) is 0 Å². The highest BCUT2D eigenvalue weighted by Gasteiger charge is 2.46. The summed E-state index contributed by atoms with van der Waals surface area (Å²) in [5.41, 5.74) is 0.676. The average Bonchev–Trinajstić information content (AvgIpc) is 2.97. The second-order valence-electron chi connectivity index (χ2n) is 5.18. The normalized spacial score (nSPS) is 19.8. The van der Waals surface area contributed by atoms with Crippen LogP contribution in [0, 0.1) is 5.92 Å². The summed E-state index contributed by atoms with van der Waals surface area (Å²) >= 11 is 0. The maximum atomic E-state index is 12.2. The van der Waals surface area contributed by atoms with Gasteiger partial charge in [0, 0.05) is 18.0 Å². The van der Waals surface area contributed by atoms with Gasteiger partial charge in [0.2, 0.25) is 11.9 Å². The number of nitrogens with one attached hydrogen (secondary N) is 2. The Bertz CT molecular complexity index is 781. The van der Waals surface area contributed by atoms with Gasteiger partial charge >= 0.3 is 0 Å². The van der Waals surface area contributed by atoms with Gasteiger partial charge in [-0.3, -0.25) is 20.2 Å². The highest BCUT2D eigenvalue weighted by atomic mass is 16.3. The number of pyridine rings is 1. The first-order chi connectivity index (χ1) is 10.8. The molecule has 1 aliphatic rings. The summed E-state index contributed by atoms with van der Waals surface area (Å²) in [5, 5.41) is 9.49. The zero-order valence-corrected chi connectivity index (χ0v) is 11.6. The molecule has 2 unspecified atom stereocenters. The number of hydrogen-bond acceptors (Lipinski definition) is 5. The predicted octanol–water partition coefficient (Wildman–Crippen LogP) is 2.20. The molecule has 0 aromatic carbocycles. The van der Waals surface area contributed by atoms with Gasteiger partial charge in [0.15, 0.2) is 5.82 Å². The first kappa shape index (κ1) is 12.8. The Kier molecular flexibility index (Phi) is 2.96. The van der Waals surface area contributed by atoms with E-state index in [1.807, 2.05) is 30.3 Å². The first-order valence-corrected chi connectivity index (χ1v) is 6.99. The third kappa shape index (κ3) is 2.37. The largest absolute Gasteiger partial charge is 0.469 e. The Morgan fingerprint density at radius 2 is 2.27 bits per heavy atom. The van der Waals surface area contributed by atoms with Crippen LogP contribution in [-0.2, 0) is 4.79 Å². The molecule has 0 saturated heterocycles. The SMILES string of the molecule is O=C(Nc1n[nH]c(-c2ccccn2)n1)C1CC1c1ccco1. The van der Waals surface area contributed by atoms with Crippen LogP contribution >= 0.6 is 0 Å². The molecular weight excluding hydrogens is 282 g/mol. The predicted molar refractivity (Wildman–Crippen MR) is 77.8 cm³/mol. The van der Waals surface area contributed by atoms with Gasteiger partial charge in [0.1, 0.15) is 11.5 Å². The zero-order chi connectivity index (χ0) is 14.9. The lowest BCUT2D eigenvalue weighted by molar-refractivity contribution is -0.117. The second kappa shape index (κ2) is 5.10. The van der Waals surface area contributed by atoms with E-state index < -0.39 is 0 Å². The molecule has 3 aromatic heterocycles. The van der Waals surface area contributed by atoms with E-state index in [-0.39, 0.29) is 23.7 Å². The van der Waals surface area contributed by atoms with Crippen molar-refractivity contribution in [2.24, 2.45) is 5.92 Å². The number of aromatic amines is 1. The summed E-state index contributed by atoms with van der Waals surface area (Å²) in [6.07, 6.45) is 4.09.